The second-order valence-electron chi connectivity index (χ2n) is 4.63. The molecule has 0 fully saturated rings. The van der Waals surface area contributed by atoms with Crippen molar-refractivity contribution in [3.63, 3.8) is 0 Å². The van der Waals surface area contributed by atoms with Gasteiger partial charge in [0.25, 0.3) is 0 Å². The SMILES string of the molecule is CSc1ccc(NC(=O)CCc2cccc(C)c2)cn1. The second kappa shape index (κ2) is 7.10. The molecule has 0 unspecified atom stereocenters. The summed E-state index contributed by atoms with van der Waals surface area (Å²) >= 11 is 1.58. The van der Waals surface area contributed by atoms with Gasteiger partial charge >= 0.3 is 0 Å². The lowest BCUT2D eigenvalue weighted by molar-refractivity contribution is -0.116. The first kappa shape index (κ1) is 14.6. The fourth-order valence-corrected chi connectivity index (χ4v) is 2.29. The number of aromatic nitrogens is 1. The number of hydrogen-bond donors (Lipinski definition) is 1. The number of carbonyl (C=O) groups is 1. The van der Waals surface area contributed by atoms with E-state index in [-0.39, 0.29) is 5.91 Å². The van der Waals surface area contributed by atoms with Gasteiger partial charge in [-0.3, -0.25) is 4.79 Å². The smallest absolute Gasteiger partial charge is 0.224 e. The Balaban J connectivity index is 1.85. The molecule has 1 N–H and O–H groups in total. The number of hydrogen-bond acceptors (Lipinski definition) is 3. The number of benzene rings is 1. The fourth-order valence-electron chi connectivity index (χ4n) is 1.92. The van der Waals surface area contributed by atoms with E-state index < -0.39 is 0 Å². The van der Waals surface area contributed by atoms with E-state index in [0.29, 0.717) is 6.42 Å². The van der Waals surface area contributed by atoms with Crippen LogP contribution < -0.4 is 5.32 Å². The van der Waals surface area contributed by atoms with Gasteiger partial charge in [0.15, 0.2) is 0 Å². The largest absolute Gasteiger partial charge is 0.325 e. The van der Waals surface area contributed by atoms with E-state index in [0.717, 1.165) is 17.1 Å². The molecule has 0 bridgehead atoms. The van der Waals surface area contributed by atoms with Crippen molar-refractivity contribution in [2.45, 2.75) is 24.8 Å². The molecule has 0 atom stereocenters. The van der Waals surface area contributed by atoms with Crippen LogP contribution in [0.1, 0.15) is 17.5 Å². The summed E-state index contributed by atoms with van der Waals surface area (Å²) in [5, 5.41) is 3.81. The van der Waals surface area contributed by atoms with Crippen LogP contribution in [0.2, 0.25) is 0 Å². The third-order valence-corrected chi connectivity index (χ3v) is 3.61. The highest BCUT2D eigenvalue weighted by Crippen LogP contribution is 2.14. The Kier molecular flexibility index (Phi) is 5.18. The van der Waals surface area contributed by atoms with Gasteiger partial charge in [0.2, 0.25) is 5.91 Å². The van der Waals surface area contributed by atoms with Crippen molar-refractivity contribution >= 4 is 23.4 Å². The number of nitrogens with zero attached hydrogens (tertiary/aromatic N) is 1. The number of rotatable bonds is 5. The van der Waals surface area contributed by atoms with Crippen molar-refractivity contribution in [2.75, 3.05) is 11.6 Å². The van der Waals surface area contributed by atoms with Crippen LogP contribution in [-0.4, -0.2) is 17.1 Å². The van der Waals surface area contributed by atoms with Gasteiger partial charge in [-0.2, -0.15) is 0 Å². The highest BCUT2D eigenvalue weighted by Gasteiger charge is 2.04. The second-order valence-corrected chi connectivity index (χ2v) is 5.45. The van der Waals surface area contributed by atoms with Gasteiger partial charge in [-0.05, 0) is 37.3 Å². The molecule has 104 valence electrons. The van der Waals surface area contributed by atoms with Crippen molar-refractivity contribution in [1.29, 1.82) is 0 Å². The van der Waals surface area contributed by atoms with Crippen LogP contribution in [-0.2, 0) is 11.2 Å². The third kappa shape index (κ3) is 4.38. The van der Waals surface area contributed by atoms with E-state index in [9.17, 15) is 4.79 Å². The molecule has 4 heteroatoms. The average Bonchev–Trinajstić information content (AvgIpc) is 2.46. The zero-order valence-corrected chi connectivity index (χ0v) is 12.5. The Morgan fingerprint density at radius 1 is 1.30 bits per heavy atom. The van der Waals surface area contributed by atoms with Crippen LogP contribution in [0.3, 0.4) is 0 Å². The van der Waals surface area contributed by atoms with Crippen LogP contribution >= 0.6 is 11.8 Å². The Labute approximate surface area is 123 Å². The van der Waals surface area contributed by atoms with Gasteiger partial charge in [-0.15, -0.1) is 11.8 Å². The molecule has 0 spiro atoms. The molecule has 3 nitrogen and oxygen atoms in total. The van der Waals surface area contributed by atoms with Crippen LogP contribution in [0.4, 0.5) is 5.69 Å². The van der Waals surface area contributed by atoms with E-state index in [4.69, 9.17) is 0 Å². The molecule has 0 aliphatic carbocycles. The van der Waals surface area contributed by atoms with Crippen molar-refractivity contribution in [3.8, 4) is 0 Å². The number of aryl methyl sites for hydroxylation is 2. The zero-order chi connectivity index (χ0) is 14.4. The molecule has 0 aliphatic rings. The lowest BCUT2D eigenvalue weighted by Gasteiger charge is -2.06. The Hall–Kier alpha value is -1.81. The van der Waals surface area contributed by atoms with E-state index in [1.165, 1.54) is 11.1 Å². The standard InChI is InChI=1S/C16H18N2OS/c1-12-4-3-5-13(10-12)6-8-15(19)18-14-7-9-16(20-2)17-11-14/h3-5,7,9-11H,6,8H2,1-2H3,(H,18,19). The highest BCUT2D eigenvalue weighted by molar-refractivity contribution is 7.98. The molecule has 2 aromatic rings. The monoisotopic (exact) mass is 286 g/mol. The van der Waals surface area contributed by atoms with Crippen molar-refractivity contribution < 1.29 is 4.79 Å². The van der Waals surface area contributed by atoms with Gasteiger partial charge in [0.05, 0.1) is 16.9 Å². The Morgan fingerprint density at radius 2 is 2.15 bits per heavy atom. The van der Waals surface area contributed by atoms with E-state index in [2.05, 4.69) is 35.4 Å². The summed E-state index contributed by atoms with van der Waals surface area (Å²) in [6.07, 6.45) is 4.90. The van der Waals surface area contributed by atoms with Gasteiger partial charge in [-0.25, -0.2) is 4.98 Å². The number of carbonyl (C=O) groups excluding carboxylic acids is 1. The van der Waals surface area contributed by atoms with Gasteiger partial charge in [0.1, 0.15) is 0 Å². The number of anilines is 1. The molecule has 0 aliphatic heterocycles. The summed E-state index contributed by atoms with van der Waals surface area (Å²) in [6.45, 7) is 2.06. The highest BCUT2D eigenvalue weighted by atomic mass is 32.2. The van der Waals surface area contributed by atoms with E-state index in [1.54, 1.807) is 18.0 Å². The van der Waals surface area contributed by atoms with Gasteiger partial charge in [0, 0.05) is 6.42 Å². The molecule has 1 aromatic heterocycles. The first-order valence-electron chi connectivity index (χ1n) is 6.53. The molecular weight excluding hydrogens is 268 g/mol. The minimum Gasteiger partial charge on any atom is -0.325 e. The molecule has 1 heterocycles. The summed E-state index contributed by atoms with van der Waals surface area (Å²) in [4.78, 5) is 16.1. The lowest BCUT2D eigenvalue weighted by Crippen LogP contribution is -2.12. The van der Waals surface area contributed by atoms with Crippen LogP contribution in [0.15, 0.2) is 47.6 Å². The first-order chi connectivity index (χ1) is 9.67. The fraction of sp³-hybridized carbons (Fsp3) is 0.250. The zero-order valence-electron chi connectivity index (χ0n) is 11.7. The topological polar surface area (TPSA) is 42.0 Å². The Bertz CT molecular complexity index is 581. The summed E-state index contributed by atoms with van der Waals surface area (Å²) < 4.78 is 0. The Morgan fingerprint density at radius 3 is 2.80 bits per heavy atom. The van der Waals surface area contributed by atoms with Gasteiger partial charge < -0.3 is 5.32 Å². The molecule has 1 amide bonds. The van der Waals surface area contributed by atoms with Crippen LogP contribution in [0.25, 0.3) is 0 Å². The van der Waals surface area contributed by atoms with Crippen molar-refractivity contribution in [3.05, 3.63) is 53.7 Å². The maximum absolute atomic E-state index is 11.9. The maximum atomic E-state index is 11.9. The minimum absolute atomic E-state index is 0.0187. The van der Waals surface area contributed by atoms with Crippen LogP contribution in [0, 0.1) is 6.92 Å². The average molecular weight is 286 g/mol. The third-order valence-electron chi connectivity index (χ3n) is 2.95. The summed E-state index contributed by atoms with van der Waals surface area (Å²) in [7, 11) is 0. The van der Waals surface area contributed by atoms with Gasteiger partial charge in [-0.1, -0.05) is 29.8 Å². The number of nitrogens with one attached hydrogen (secondary N) is 1. The van der Waals surface area contributed by atoms with Crippen LogP contribution in [0.5, 0.6) is 0 Å². The molecule has 20 heavy (non-hydrogen) atoms. The number of thioether (sulfide) groups is 1. The summed E-state index contributed by atoms with van der Waals surface area (Å²) in [5.41, 5.74) is 3.16. The quantitative estimate of drug-likeness (QED) is 0.852. The molecule has 0 saturated carbocycles. The minimum atomic E-state index is 0.0187. The van der Waals surface area contributed by atoms with E-state index in [1.807, 2.05) is 24.5 Å². The number of amides is 1. The van der Waals surface area contributed by atoms with E-state index >= 15 is 0 Å². The molecule has 2 rings (SSSR count). The first-order valence-corrected chi connectivity index (χ1v) is 7.75. The molecule has 1 aromatic carbocycles. The normalized spacial score (nSPS) is 10.3. The molecular formula is C16H18N2OS. The predicted octanol–water partition coefficient (Wildman–Crippen LogP) is 3.68. The van der Waals surface area contributed by atoms with Crippen molar-refractivity contribution in [1.82, 2.24) is 4.98 Å². The molecule has 0 radical (unpaired) electrons. The molecule has 0 saturated heterocycles. The summed E-state index contributed by atoms with van der Waals surface area (Å²) in [5.74, 6) is 0.0187. The summed E-state index contributed by atoms with van der Waals surface area (Å²) in [6, 6.07) is 12.0. The number of pyridine rings is 1. The lowest BCUT2D eigenvalue weighted by atomic mass is 10.1. The maximum Gasteiger partial charge on any atom is 0.224 e. The predicted molar refractivity (Wildman–Crippen MR) is 84.1 cm³/mol. The van der Waals surface area contributed by atoms with Crippen molar-refractivity contribution in [2.24, 2.45) is 0 Å².